The molecular weight excluding hydrogens is 205 g/mol. The van der Waals surface area contributed by atoms with E-state index in [2.05, 4.69) is 5.32 Å². The van der Waals surface area contributed by atoms with Crippen LogP contribution in [-0.4, -0.2) is 44.3 Å². The number of hydrogen-bond acceptors (Lipinski definition) is 2. The predicted molar refractivity (Wildman–Crippen MR) is 55.9 cm³/mol. The Hall–Kier alpha value is -0.290. The zero-order valence-electron chi connectivity index (χ0n) is 9.86. The molecule has 0 saturated heterocycles. The monoisotopic (exact) mass is 226 g/mol. The van der Waals surface area contributed by atoms with Crippen LogP contribution in [0.25, 0.3) is 0 Å². The number of nitrogens with zero attached hydrogens (tertiary/aromatic N) is 1. The molecule has 92 valence electrons. The highest BCUT2D eigenvalue weighted by atomic mass is 19.4. The van der Waals surface area contributed by atoms with E-state index >= 15 is 0 Å². The van der Waals surface area contributed by atoms with Crippen molar-refractivity contribution in [3.63, 3.8) is 0 Å². The molecule has 2 unspecified atom stereocenters. The maximum atomic E-state index is 12.1. The molecule has 0 fully saturated rings. The molecule has 0 aromatic rings. The molecule has 0 rings (SSSR count). The lowest BCUT2D eigenvalue weighted by atomic mass is 9.99. The average Bonchev–Trinajstić information content (AvgIpc) is 2.10. The van der Waals surface area contributed by atoms with Crippen LogP contribution in [0, 0.1) is 5.92 Å². The molecule has 0 aromatic carbocycles. The Balaban J connectivity index is 4.07. The van der Waals surface area contributed by atoms with E-state index < -0.39 is 12.7 Å². The molecule has 1 N–H and O–H groups in total. The van der Waals surface area contributed by atoms with Crippen LogP contribution in [0.1, 0.15) is 20.3 Å². The third-order valence-corrected chi connectivity index (χ3v) is 2.66. The lowest BCUT2D eigenvalue weighted by Crippen LogP contribution is -2.44. The fraction of sp³-hybridized carbons (Fsp3) is 1.00. The van der Waals surface area contributed by atoms with Crippen LogP contribution in [0.4, 0.5) is 13.2 Å². The van der Waals surface area contributed by atoms with E-state index in [1.807, 2.05) is 13.8 Å². The Morgan fingerprint density at radius 3 is 2.20 bits per heavy atom. The molecule has 0 aliphatic heterocycles. The van der Waals surface area contributed by atoms with Crippen LogP contribution in [0.5, 0.6) is 0 Å². The van der Waals surface area contributed by atoms with E-state index in [0.717, 1.165) is 6.42 Å². The molecule has 0 aliphatic carbocycles. The van der Waals surface area contributed by atoms with Crippen molar-refractivity contribution in [3.8, 4) is 0 Å². The summed E-state index contributed by atoms with van der Waals surface area (Å²) in [6.45, 7) is 3.66. The lowest BCUT2D eigenvalue weighted by Gasteiger charge is -2.28. The van der Waals surface area contributed by atoms with Gasteiger partial charge in [-0.25, -0.2) is 0 Å². The molecule has 2 atom stereocenters. The molecule has 15 heavy (non-hydrogen) atoms. The first-order chi connectivity index (χ1) is 6.80. The summed E-state index contributed by atoms with van der Waals surface area (Å²) < 4.78 is 36.2. The molecule has 0 heterocycles. The molecule has 0 saturated carbocycles. The Bertz CT molecular complexity index is 171. The fourth-order valence-electron chi connectivity index (χ4n) is 1.55. The number of rotatable bonds is 6. The first-order valence-electron chi connectivity index (χ1n) is 5.22. The van der Waals surface area contributed by atoms with Crippen molar-refractivity contribution in [1.29, 1.82) is 0 Å². The molecule has 0 spiro atoms. The average molecular weight is 226 g/mol. The zero-order chi connectivity index (χ0) is 12.1. The minimum Gasteiger partial charge on any atom is -0.315 e. The largest absolute Gasteiger partial charge is 0.401 e. The highest BCUT2D eigenvalue weighted by molar-refractivity contribution is 4.75. The summed E-state index contributed by atoms with van der Waals surface area (Å²) in [6, 6.07) is 0.113. The normalized spacial score (nSPS) is 16.8. The predicted octanol–water partition coefficient (Wildman–Crippen LogP) is 2.11. The second-order valence-corrected chi connectivity index (χ2v) is 4.09. The highest BCUT2D eigenvalue weighted by Gasteiger charge is 2.30. The van der Waals surface area contributed by atoms with Gasteiger partial charge in [0.2, 0.25) is 0 Å². The second-order valence-electron chi connectivity index (χ2n) is 4.09. The molecule has 0 amide bonds. The van der Waals surface area contributed by atoms with Gasteiger partial charge in [-0.2, -0.15) is 13.2 Å². The van der Waals surface area contributed by atoms with Crippen molar-refractivity contribution in [1.82, 2.24) is 10.2 Å². The topological polar surface area (TPSA) is 15.3 Å². The fourth-order valence-corrected chi connectivity index (χ4v) is 1.55. The quantitative estimate of drug-likeness (QED) is 0.746. The lowest BCUT2D eigenvalue weighted by molar-refractivity contribution is -0.143. The summed E-state index contributed by atoms with van der Waals surface area (Å²) in [5.74, 6) is 0.380. The van der Waals surface area contributed by atoms with E-state index in [-0.39, 0.29) is 6.04 Å². The standard InChI is InChI=1S/C10H21F3N2/c1-5-8(2)9(14-3)6-15(4)7-10(11,12)13/h8-9,14H,5-7H2,1-4H3. The number of likely N-dealkylation sites (N-methyl/N-ethyl adjacent to an activating group) is 2. The SMILES string of the molecule is CCC(C)C(CN(C)CC(F)(F)F)NC. The minimum absolute atomic E-state index is 0.113. The second kappa shape index (κ2) is 6.33. The van der Waals surface area contributed by atoms with Crippen molar-refractivity contribution < 1.29 is 13.2 Å². The smallest absolute Gasteiger partial charge is 0.315 e. The van der Waals surface area contributed by atoms with Crippen LogP contribution in [0.2, 0.25) is 0 Å². The van der Waals surface area contributed by atoms with Crippen LogP contribution >= 0.6 is 0 Å². The minimum atomic E-state index is -4.11. The van der Waals surface area contributed by atoms with Crippen molar-refractivity contribution >= 4 is 0 Å². The molecule has 2 nitrogen and oxygen atoms in total. The first-order valence-corrected chi connectivity index (χ1v) is 5.22. The Kier molecular flexibility index (Phi) is 6.20. The molecule has 0 aromatic heterocycles. The summed E-state index contributed by atoms with van der Waals surface area (Å²) >= 11 is 0. The highest BCUT2D eigenvalue weighted by Crippen LogP contribution is 2.16. The first kappa shape index (κ1) is 14.7. The van der Waals surface area contributed by atoms with Gasteiger partial charge in [-0.3, -0.25) is 4.90 Å². The maximum Gasteiger partial charge on any atom is 0.401 e. The summed E-state index contributed by atoms with van der Waals surface area (Å²) in [5, 5.41) is 3.06. The molecule has 0 bridgehead atoms. The number of hydrogen-bond donors (Lipinski definition) is 1. The molecule has 5 heteroatoms. The van der Waals surface area contributed by atoms with Crippen molar-refractivity contribution in [2.24, 2.45) is 5.92 Å². The summed E-state index contributed by atoms with van der Waals surface area (Å²) in [6.07, 6.45) is -3.14. The number of halogens is 3. The molecule has 0 aliphatic rings. The van der Waals surface area contributed by atoms with Gasteiger partial charge in [-0.1, -0.05) is 20.3 Å². The molecular formula is C10H21F3N2. The van der Waals surface area contributed by atoms with Gasteiger partial charge in [0.25, 0.3) is 0 Å². The maximum absolute atomic E-state index is 12.1. The van der Waals surface area contributed by atoms with Gasteiger partial charge in [0, 0.05) is 12.6 Å². The van der Waals surface area contributed by atoms with Gasteiger partial charge in [0.1, 0.15) is 0 Å². The summed E-state index contributed by atoms with van der Waals surface area (Å²) in [5.41, 5.74) is 0. The van der Waals surface area contributed by atoms with Crippen molar-refractivity contribution in [3.05, 3.63) is 0 Å². The summed E-state index contributed by atoms with van der Waals surface area (Å²) in [4.78, 5) is 1.31. The van der Waals surface area contributed by atoms with Gasteiger partial charge in [0.05, 0.1) is 6.54 Å². The Morgan fingerprint density at radius 2 is 1.87 bits per heavy atom. The van der Waals surface area contributed by atoms with Crippen LogP contribution in [0.3, 0.4) is 0 Å². The molecule has 0 radical (unpaired) electrons. The Labute approximate surface area is 89.8 Å². The van der Waals surface area contributed by atoms with E-state index in [4.69, 9.17) is 0 Å². The van der Waals surface area contributed by atoms with Crippen LogP contribution in [0.15, 0.2) is 0 Å². The number of alkyl halides is 3. The van der Waals surface area contributed by atoms with Crippen LogP contribution in [-0.2, 0) is 0 Å². The third kappa shape index (κ3) is 6.73. The van der Waals surface area contributed by atoms with Crippen molar-refractivity contribution in [2.75, 3.05) is 27.2 Å². The Morgan fingerprint density at radius 1 is 1.33 bits per heavy atom. The van der Waals surface area contributed by atoms with E-state index in [9.17, 15) is 13.2 Å². The van der Waals surface area contributed by atoms with E-state index in [1.165, 1.54) is 11.9 Å². The van der Waals surface area contributed by atoms with Crippen LogP contribution < -0.4 is 5.32 Å². The van der Waals surface area contributed by atoms with Gasteiger partial charge >= 0.3 is 6.18 Å². The van der Waals surface area contributed by atoms with Gasteiger partial charge < -0.3 is 5.32 Å². The number of nitrogens with one attached hydrogen (secondary N) is 1. The third-order valence-electron chi connectivity index (χ3n) is 2.66. The van der Waals surface area contributed by atoms with Crippen molar-refractivity contribution in [2.45, 2.75) is 32.5 Å². The van der Waals surface area contributed by atoms with Gasteiger partial charge in [-0.05, 0) is 20.0 Å². The van der Waals surface area contributed by atoms with E-state index in [0.29, 0.717) is 12.5 Å². The van der Waals surface area contributed by atoms with Gasteiger partial charge in [-0.15, -0.1) is 0 Å². The van der Waals surface area contributed by atoms with E-state index in [1.54, 1.807) is 7.05 Å². The zero-order valence-corrected chi connectivity index (χ0v) is 9.86. The summed E-state index contributed by atoms with van der Waals surface area (Å²) in [7, 11) is 3.29. The van der Waals surface area contributed by atoms with Gasteiger partial charge in [0.15, 0.2) is 0 Å².